The van der Waals surface area contributed by atoms with Crippen LogP contribution in [0, 0.1) is 18.3 Å². The molecule has 3 heterocycles. The number of aromatic nitrogens is 4. The zero-order chi connectivity index (χ0) is 15.9. The standard InChI is InChI=1S/C14H16N4O4/c1-3-8-10(20)14(4-2,5-19)22-13(8)18-7-17-9-11(18)15-6-16-12(9)21/h2,6-8,10,13,19-20H,3,5H2,1H3,(H,15,16,21)/t8-,10-,13+,14+/m0/s1. The number of terminal acetylenes is 1. The van der Waals surface area contributed by atoms with Gasteiger partial charge >= 0.3 is 0 Å². The van der Waals surface area contributed by atoms with Gasteiger partial charge in [0.25, 0.3) is 0 Å². The van der Waals surface area contributed by atoms with Crippen molar-refractivity contribution in [2.75, 3.05) is 6.61 Å². The van der Waals surface area contributed by atoms with Gasteiger partial charge in [-0.25, -0.2) is 9.97 Å². The van der Waals surface area contributed by atoms with Gasteiger partial charge < -0.3 is 20.1 Å². The minimum Gasteiger partial charge on any atom is -0.492 e. The highest BCUT2D eigenvalue weighted by Crippen LogP contribution is 2.43. The van der Waals surface area contributed by atoms with Crippen LogP contribution in [0.4, 0.5) is 0 Å². The van der Waals surface area contributed by atoms with Gasteiger partial charge in [-0.1, -0.05) is 12.8 Å². The summed E-state index contributed by atoms with van der Waals surface area (Å²) < 4.78 is 7.39. The molecule has 1 saturated heterocycles. The maximum Gasteiger partial charge on any atom is 0.242 e. The van der Waals surface area contributed by atoms with E-state index in [4.69, 9.17) is 11.2 Å². The zero-order valence-electron chi connectivity index (χ0n) is 11.9. The Hall–Kier alpha value is -2.21. The van der Waals surface area contributed by atoms with Crippen molar-refractivity contribution in [3.05, 3.63) is 12.7 Å². The van der Waals surface area contributed by atoms with Gasteiger partial charge in [0, 0.05) is 5.92 Å². The molecule has 0 bridgehead atoms. The van der Waals surface area contributed by atoms with Gasteiger partial charge in [0.15, 0.2) is 16.8 Å². The van der Waals surface area contributed by atoms with Gasteiger partial charge in [-0.15, -0.1) is 6.42 Å². The summed E-state index contributed by atoms with van der Waals surface area (Å²) in [6.45, 7) is 1.39. The van der Waals surface area contributed by atoms with Crippen molar-refractivity contribution in [3.8, 4) is 18.2 Å². The Labute approximate surface area is 126 Å². The molecule has 3 N–H and O–H groups in total. The molecule has 2 aromatic rings. The predicted octanol–water partition coefficient (Wildman–Crippen LogP) is -0.188. The lowest BCUT2D eigenvalue weighted by Gasteiger charge is -2.24. The van der Waals surface area contributed by atoms with Crippen LogP contribution in [0.5, 0.6) is 5.88 Å². The van der Waals surface area contributed by atoms with E-state index in [1.165, 1.54) is 12.7 Å². The third kappa shape index (κ3) is 1.87. The van der Waals surface area contributed by atoms with Gasteiger partial charge in [0.05, 0.1) is 12.9 Å². The number of hydrogen-bond donors (Lipinski definition) is 3. The molecular formula is C14H16N4O4. The average Bonchev–Trinajstić information content (AvgIpc) is 3.07. The van der Waals surface area contributed by atoms with E-state index in [0.717, 1.165) is 0 Å². The molecule has 4 atom stereocenters. The highest BCUT2D eigenvalue weighted by atomic mass is 16.6. The summed E-state index contributed by atoms with van der Waals surface area (Å²) in [6, 6.07) is 0. The van der Waals surface area contributed by atoms with Crippen molar-refractivity contribution in [2.24, 2.45) is 5.92 Å². The third-order valence-corrected chi connectivity index (χ3v) is 4.14. The van der Waals surface area contributed by atoms with E-state index in [1.54, 1.807) is 4.57 Å². The molecule has 8 nitrogen and oxygen atoms in total. The quantitative estimate of drug-likeness (QED) is 0.674. The maximum absolute atomic E-state index is 10.5. The van der Waals surface area contributed by atoms with Gasteiger partial charge in [-0.05, 0) is 6.42 Å². The molecule has 0 aliphatic carbocycles. The molecule has 1 aliphatic heterocycles. The minimum absolute atomic E-state index is 0.234. The van der Waals surface area contributed by atoms with E-state index >= 15 is 0 Å². The van der Waals surface area contributed by atoms with E-state index in [1.807, 2.05) is 6.92 Å². The van der Waals surface area contributed by atoms with E-state index < -0.39 is 24.5 Å². The summed E-state index contributed by atoms with van der Waals surface area (Å²) in [5.41, 5.74) is -0.858. The smallest absolute Gasteiger partial charge is 0.242 e. The van der Waals surface area contributed by atoms with Crippen LogP contribution in [0.2, 0.25) is 0 Å². The van der Waals surface area contributed by atoms with Gasteiger partial charge in [0.2, 0.25) is 5.88 Å². The topological polar surface area (TPSA) is 114 Å². The van der Waals surface area contributed by atoms with Crippen LogP contribution in [0.15, 0.2) is 12.7 Å². The Morgan fingerprint density at radius 1 is 1.45 bits per heavy atom. The first-order valence-corrected chi connectivity index (χ1v) is 6.89. The molecule has 1 aliphatic rings. The van der Waals surface area contributed by atoms with Crippen LogP contribution in [0.25, 0.3) is 11.2 Å². The predicted molar refractivity (Wildman–Crippen MR) is 75.5 cm³/mol. The fourth-order valence-corrected chi connectivity index (χ4v) is 2.88. The summed E-state index contributed by atoms with van der Waals surface area (Å²) in [4.78, 5) is 11.8. The van der Waals surface area contributed by atoms with Crippen LogP contribution < -0.4 is 0 Å². The molecule has 0 spiro atoms. The number of aromatic hydroxyl groups is 1. The molecule has 8 heteroatoms. The number of nitrogens with zero attached hydrogens (tertiary/aromatic N) is 4. The molecule has 0 aromatic carbocycles. The third-order valence-electron chi connectivity index (χ3n) is 4.14. The molecule has 22 heavy (non-hydrogen) atoms. The zero-order valence-corrected chi connectivity index (χ0v) is 11.9. The lowest BCUT2D eigenvalue weighted by atomic mass is 9.89. The normalized spacial score (nSPS) is 31.5. The van der Waals surface area contributed by atoms with Crippen molar-refractivity contribution < 1.29 is 20.1 Å². The van der Waals surface area contributed by atoms with Crippen molar-refractivity contribution >= 4 is 11.2 Å². The van der Waals surface area contributed by atoms with Crippen molar-refractivity contribution in [1.82, 2.24) is 19.5 Å². The summed E-state index contributed by atoms with van der Waals surface area (Å²) in [6.07, 6.45) is 7.01. The van der Waals surface area contributed by atoms with E-state index in [-0.39, 0.29) is 17.3 Å². The fourth-order valence-electron chi connectivity index (χ4n) is 2.88. The molecule has 0 amide bonds. The van der Waals surface area contributed by atoms with E-state index in [0.29, 0.717) is 12.1 Å². The van der Waals surface area contributed by atoms with Crippen LogP contribution >= 0.6 is 0 Å². The second-order valence-electron chi connectivity index (χ2n) is 5.24. The van der Waals surface area contributed by atoms with Crippen LogP contribution in [-0.2, 0) is 4.74 Å². The number of rotatable bonds is 3. The van der Waals surface area contributed by atoms with Gasteiger partial charge in [-0.3, -0.25) is 4.57 Å². The highest BCUT2D eigenvalue weighted by Gasteiger charge is 2.53. The first-order valence-electron chi connectivity index (χ1n) is 6.89. The minimum atomic E-state index is -1.46. The number of aliphatic hydroxyl groups excluding tert-OH is 2. The summed E-state index contributed by atoms with van der Waals surface area (Å²) >= 11 is 0. The molecule has 2 aromatic heterocycles. The Morgan fingerprint density at radius 3 is 2.86 bits per heavy atom. The summed E-state index contributed by atoms with van der Waals surface area (Å²) in [5.74, 6) is 1.77. The molecule has 0 radical (unpaired) electrons. The molecule has 0 saturated carbocycles. The lowest BCUT2D eigenvalue weighted by Crippen LogP contribution is -2.43. The maximum atomic E-state index is 10.5. The first-order chi connectivity index (χ1) is 10.6. The number of imidazole rings is 1. The van der Waals surface area contributed by atoms with Crippen molar-refractivity contribution in [1.29, 1.82) is 0 Å². The lowest BCUT2D eigenvalue weighted by molar-refractivity contribution is -0.0898. The second kappa shape index (κ2) is 5.21. The number of ether oxygens (including phenoxy) is 1. The molecule has 1 fully saturated rings. The Kier molecular flexibility index (Phi) is 3.48. The first kappa shape index (κ1) is 14.7. The molecule has 3 rings (SSSR count). The summed E-state index contributed by atoms with van der Waals surface area (Å²) in [5, 5.41) is 29.7. The molecular weight excluding hydrogens is 288 g/mol. The number of aliphatic hydroxyl groups is 2. The number of fused-ring (bicyclic) bond motifs is 1. The van der Waals surface area contributed by atoms with E-state index in [2.05, 4.69) is 20.9 Å². The average molecular weight is 304 g/mol. The fraction of sp³-hybridized carbons (Fsp3) is 0.500. The largest absolute Gasteiger partial charge is 0.492 e. The monoisotopic (exact) mass is 304 g/mol. The summed E-state index contributed by atoms with van der Waals surface area (Å²) in [7, 11) is 0. The van der Waals surface area contributed by atoms with Gasteiger partial charge in [0.1, 0.15) is 18.7 Å². The second-order valence-corrected chi connectivity index (χ2v) is 5.24. The number of hydrogen-bond acceptors (Lipinski definition) is 7. The molecule has 116 valence electrons. The van der Waals surface area contributed by atoms with Crippen LogP contribution in [-0.4, -0.2) is 53.2 Å². The highest BCUT2D eigenvalue weighted by molar-refractivity contribution is 5.75. The van der Waals surface area contributed by atoms with Crippen LogP contribution in [0.1, 0.15) is 19.6 Å². The Morgan fingerprint density at radius 2 is 2.23 bits per heavy atom. The SMILES string of the molecule is C#C[C@]1(CO)O[C@@H](n2cnc3c(O)ncnc32)[C@@H](CC)[C@@H]1O. The van der Waals surface area contributed by atoms with Gasteiger partial charge in [-0.2, -0.15) is 4.98 Å². The van der Waals surface area contributed by atoms with Crippen molar-refractivity contribution in [3.63, 3.8) is 0 Å². The van der Waals surface area contributed by atoms with Crippen LogP contribution in [0.3, 0.4) is 0 Å². The molecule has 0 unspecified atom stereocenters. The Bertz CT molecular complexity index is 740. The van der Waals surface area contributed by atoms with Crippen molar-refractivity contribution in [2.45, 2.75) is 31.3 Å². The Balaban J connectivity index is 2.10. The van der Waals surface area contributed by atoms with E-state index in [9.17, 15) is 15.3 Å².